The SMILES string of the molecule is CN(Cc1csc([N+](=O)[O-])c1)C1CCCCC1CN. The molecular weight excluding hydrogens is 262 g/mol. The highest BCUT2D eigenvalue weighted by Gasteiger charge is 2.27. The lowest BCUT2D eigenvalue weighted by Crippen LogP contribution is -2.42. The maximum atomic E-state index is 10.7. The second-order valence-electron chi connectivity index (χ2n) is 5.31. The van der Waals surface area contributed by atoms with Crippen molar-refractivity contribution in [2.75, 3.05) is 13.6 Å². The average molecular weight is 283 g/mol. The van der Waals surface area contributed by atoms with Gasteiger partial charge in [0.2, 0.25) is 0 Å². The van der Waals surface area contributed by atoms with E-state index in [1.165, 1.54) is 37.0 Å². The number of rotatable bonds is 5. The lowest BCUT2D eigenvalue weighted by molar-refractivity contribution is -0.380. The summed E-state index contributed by atoms with van der Waals surface area (Å²) in [5, 5.41) is 12.8. The standard InChI is InChI=1S/C13H21N3O2S/c1-15(12-5-3-2-4-11(12)7-14)8-10-6-13(16(17)18)19-9-10/h6,9,11-12H,2-5,7-8,14H2,1H3. The molecule has 1 aliphatic carbocycles. The van der Waals surface area contributed by atoms with Crippen molar-refractivity contribution in [3.63, 3.8) is 0 Å². The third-order valence-electron chi connectivity index (χ3n) is 3.99. The van der Waals surface area contributed by atoms with Crippen LogP contribution < -0.4 is 5.73 Å². The molecule has 0 aromatic carbocycles. The molecule has 19 heavy (non-hydrogen) atoms. The van der Waals surface area contributed by atoms with Crippen LogP contribution in [0.5, 0.6) is 0 Å². The van der Waals surface area contributed by atoms with Crippen LogP contribution >= 0.6 is 11.3 Å². The first-order valence-corrected chi connectivity index (χ1v) is 7.62. The van der Waals surface area contributed by atoms with E-state index in [4.69, 9.17) is 5.73 Å². The topological polar surface area (TPSA) is 72.4 Å². The van der Waals surface area contributed by atoms with Gasteiger partial charge in [-0.15, -0.1) is 0 Å². The molecular formula is C13H21N3O2S. The zero-order valence-electron chi connectivity index (χ0n) is 11.2. The Hall–Kier alpha value is -0.980. The van der Waals surface area contributed by atoms with Crippen LogP contribution in [0.3, 0.4) is 0 Å². The van der Waals surface area contributed by atoms with Gasteiger partial charge in [0, 0.05) is 24.0 Å². The fraction of sp³-hybridized carbons (Fsp3) is 0.692. The van der Waals surface area contributed by atoms with Gasteiger partial charge in [0.15, 0.2) is 0 Å². The van der Waals surface area contributed by atoms with Crippen molar-refractivity contribution >= 4 is 16.3 Å². The molecule has 0 amide bonds. The molecule has 2 atom stereocenters. The normalized spacial score (nSPS) is 23.7. The van der Waals surface area contributed by atoms with Crippen LogP contribution in [0.2, 0.25) is 0 Å². The van der Waals surface area contributed by atoms with Crippen molar-refractivity contribution in [2.45, 2.75) is 38.3 Å². The summed E-state index contributed by atoms with van der Waals surface area (Å²) in [6.07, 6.45) is 4.92. The van der Waals surface area contributed by atoms with Crippen LogP contribution in [-0.4, -0.2) is 29.5 Å². The molecule has 0 spiro atoms. The molecule has 2 rings (SSSR count). The van der Waals surface area contributed by atoms with E-state index < -0.39 is 0 Å². The Bertz CT molecular complexity index is 435. The fourth-order valence-corrected chi connectivity index (χ4v) is 3.71. The van der Waals surface area contributed by atoms with Gasteiger partial charge in [-0.25, -0.2) is 0 Å². The summed E-state index contributed by atoms with van der Waals surface area (Å²) >= 11 is 1.20. The Balaban J connectivity index is 1.98. The minimum Gasteiger partial charge on any atom is -0.330 e. The molecule has 1 aromatic rings. The van der Waals surface area contributed by atoms with Crippen LogP contribution in [0.15, 0.2) is 11.4 Å². The van der Waals surface area contributed by atoms with E-state index in [9.17, 15) is 10.1 Å². The lowest BCUT2D eigenvalue weighted by Gasteiger charge is -2.37. The minimum atomic E-state index is -0.322. The molecule has 0 bridgehead atoms. The number of nitro groups is 1. The van der Waals surface area contributed by atoms with Crippen molar-refractivity contribution in [1.82, 2.24) is 4.90 Å². The summed E-state index contributed by atoms with van der Waals surface area (Å²) in [4.78, 5) is 12.7. The van der Waals surface area contributed by atoms with Gasteiger partial charge in [0.25, 0.3) is 0 Å². The highest BCUT2D eigenvalue weighted by Crippen LogP contribution is 2.29. The predicted molar refractivity (Wildman–Crippen MR) is 77.2 cm³/mol. The third kappa shape index (κ3) is 3.52. The fourth-order valence-electron chi connectivity index (χ4n) is 2.99. The van der Waals surface area contributed by atoms with Crippen LogP contribution in [0.4, 0.5) is 5.00 Å². The number of thiophene rings is 1. The Morgan fingerprint density at radius 2 is 2.26 bits per heavy atom. The smallest absolute Gasteiger partial charge is 0.324 e. The first-order valence-electron chi connectivity index (χ1n) is 6.74. The highest BCUT2D eigenvalue weighted by molar-refractivity contribution is 7.13. The Kier molecular flexibility index (Phi) is 4.90. The molecule has 106 valence electrons. The minimum absolute atomic E-state index is 0.224. The molecule has 1 fully saturated rings. The van der Waals surface area contributed by atoms with Crippen LogP contribution in [0.25, 0.3) is 0 Å². The van der Waals surface area contributed by atoms with Gasteiger partial charge in [-0.1, -0.05) is 24.2 Å². The number of nitrogens with zero attached hydrogens (tertiary/aromatic N) is 2. The summed E-state index contributed by atoms with van der Waals surface area (Å²) in [7, 11) is 2.10. The van der Waals surface area contributed by atoms with Crippen LogP contribution in [-0.2, 0) is 6.54 Å². The second-order valence-corrected chi connectivity index (χ2v) is 6.20. The van der Waals surface area contributed by atoms with Gasteiger partial charge in [-0.2, -0.15) is 0 Å². The Labute approximate surface area is 117 Å². The van der Waals surface area contributed by atoms with E-state index >= 15 is 0 Å². The van der Waals surface area contributed by atoms with Gasteiger partial charge in [0.05, 0.1) is 4.92 Å². The van der Waals surface area contributed by atoms with Crippen LogP contribution in [0.1, 0.15) is 31.2 Å². The van der Waals surface area contributed by atoms with Crippen molar-refractivity contribution < 1.29 is 4.92 Å². The molecule has 0 aliphatic heterocycles. The highest BCUT2D eigenvalue weighted by atomic mass is 32.1. The number of hydrogen-bond acceptors (Lipinski definition) is 5. The molecule has 1 aliphatic rings. The largest absolute Gasteiger partial charge is 0.330 e. The summed E-state index contributed by atoms with van der Waals surface area (Å²) < 4.78 is 0. The summed E-state index contributed by atoms with van der Waals surface area (Å²) in [6.45, 7) is 1.50. The van der Waals surface area contributed by atoms with Crippen LogP contribution in [0, 0.1) is 16.0 Å². The van der Waals surface area contributed by atoms with Crippen molar-refractivity contribution in [3.8, 4) is 0 Å². The molecule has 0 saturated heterocycles. The average Bonchev–Trinajstić information content (AvgIpc) is 2.87. The number of hydrogen-bond donors (Lipinski definition) is 1. The van der Waals surface area contributed by atoms with Gasteiger partial charge >= 0.3 is 5.00 Å². The van der Waals surface area contributed by atoms with E-state index in [1.54, 1.807) is 6.07 Å². The Morgan fingerprint density at radius 3 is 2.89 bits per heavy atom. The van der Waals surface area contributed by atoms with Gasteiger partial charge < -0.3 is 5.73 Å². The molecule has 2 unspecified atom stereocenters. The zero-order valence-corrected chi connectivity index (χ0v) is 12.1. The molecule has 1 heterocycles. The molecule has 5 nitrogen and oxygen atoms in total. The van der Waals surface area contributed by atoms with Crippen molar-refractivity contribution in [3.05, 3.63) is 27.1 Å². The first-order chi connectivity index (χ1) is 9.11. The van der Waals surface area contributed by atoms with Crippen molar-refractivity contribution in [2.24, 2.45) is 11.7 Å². The van der Waals surface area contributed by atoms with E-state index in [1.807, 2.05) is 5.38 Å². The summed E-state index contributed by atoms with van der Waals surface area (Å²) in [6, 6.07) is 2.19. The third-order valence-corrected chi connectivity index (χ3v) is 4.92. The molecule has 1 saturated carbocycles. The maximum Gasteiger partial charge on any atom is 0.324 e. The van der Waals surface area contributed by atoms with Gasteiger partial charge in [0.1, 0.15) is 0 Å². The Morgan fingerprint density at radius 1 is 1.53 bits per heavy atom. The van der Waals surface area contributed by atoms with Gasteiger partial charge in [-0.05, 0) is 37.9 Å². The monoisotopic (exact) mass is 283 g/mol. The van der Waals surface area contributed by atoms with E-state index in [2.05, 4.69) is 11.9 Å². The second kappa shape index (κ2) is 6.45. The van der Waals surface area contributed by atoms with E-state index in [-0.39, 0.29) is 9.92 Å². The zero-order chi connectivity index (χ0) is 13.8. The predicted octanol–water partition coefficient (Wildman–Crippen LogP) is 2.61. The number of nitrogens with two attached hydrogens (primary N) is 1. The summed E-state index contributed by atoms with van der Waals surface area (Å²) in [5.41, 5.74) is 6.88. The molecule has 1 aromatic heterocycles. The molecule has 0 radical (unpaired) electrons. The van der Waals surface area contributed by atoms with E-state index in [0.29, 0.717) is 12.0 Å². The molecule has 2 N–H and O–H groups in total. The quantitative estimate of drug-likeness (QED) is 0.666. The van der Waals surface area contributed by atoms with Crippen molar-refractivity contribution in [1.29, 1.82) is 0 Å². The summed E-state index contributed by atoms with van der Waals surface area (Å²) in [5.74, 6) is 0.562. The molecule has 6 heteroatoms. The maximum absolute atomic E-state index is 10.7. The lowest BCUT2D eigenvalue weighted by atomic mass is 9.83. The first kappa shape index (κ1) is 14.4. The van der Waals surface area contributed by atoms with E-state index in [0.717, 1.165) is 18.7 Å². The van der Waals surface area contributed by atoms with Gasteiger partial charge in [-0.3, -0.25) is 15.0 Å².